The monoisotopic (exact) mass is 411 g/mol. The number of para-hydroxylation sites is 2. The van der Waals surface area contributed by atoms with Crippen LogP contribution in [0.2, 0.25) is 5.02 Å². The topological polar surface area (TPSA) is 74.4 Å². The molecule has 0 fully saturated rings. The summed E-state index contributed by atoms with van der Waals surface area (Å²) in [4.78, 5) is 30.9. The number of halogens is 1. The minimum Gasteiger partial charge on any atom is -0.495 e. The van der Waals surface area contributed by atoms with Crippen LogP contribution in [-0.2, 0) is 17.8 Å². The van der Waals surface area contributed by atoms with E-state index in [-0.39, 0.29) is 17.9 Å². The van der Waals surface area contributed by atoms with Gasteiger partial charge in [0.2, 0.25) is 5.91 Å². The first kappa shape index (κ1) is 19.5. The third kappa shape index (κ3) is 3.73. The van der Waals surface area contributed by atoms with E-state index in [4.69, 9.17) is 16.3 Å². The van der Waals surface area contributed by atoms with Crippen LogP contribution < -0.4 is 15.5 Å². The number of aryl methyl sites for hydroxylation is 1. The second kappa shape index (κ2) is 7.89. The Kier molecular flexibility index (Phi) is 5.30. The van der Waals surface area contributed by atoms with Crippen LogP contribution in [-0.4, -0.2) is 36.0 Å². The average Bonchev–Trinajstić information content (AvgIpc) is 2.72. The molecule has 1 aromatic heterocycles. The van der Waals surface area contributed by atoms with Gasteiger partial charge in [0.15, 0.2) is 5.43 Å². The molecule has 3 aromatic rings. The Balaban J connectivity index is 1.54. The summed E-state index contributed by atoms with van der Waals surface area (Å²) in [5.41, 5.74) is 3.95. The number of rotatable bonds is 4. The molecule has 2 N–H and O–H groups in total. The molecule has 29 heavy (non-hydrogen) atoms. The first-order valence-corrected chi connectivity index (χ1v) is 9.83. The van der Waals surface area contributed by atoms with Crippen LogP contribution in [0.1, 0.15) is 16.8 Å². The lowest BCUT2D eigenvalue weighted by atomic mass is 10.0. The summed E-state index contributed by atoms with van der Waals surface area (Å²) in [5, 5.41) is 4.15. The quantitative estimate of drug-likeness (QED) is 0.689. The fraction of sp³-hybridized carbons (Fsp3) is 0.273. The Morgan fingerprint density at radius 1 is 1.28 bits per heavy atom. The molecule has 0 radical (unpaired) electrons. The first-order valence-electron chi connectivity index (χ1n) is 9.46. The molecule has 150 valence electrons. The Labute approximate surface area is 173 Å². The van der Waals surface area contributed by atoms with Gasteiger partial charge in [-0.1, -0.05) is 23.7 Å². The van der Waals surface area contributed by atoms with Gasteiger partial charge in [-0.05, 0) is 36.8 Å². The van der Waals surface area contributed by atoms with Gasteiger partial charge in [-0.3, -0.25) is 14.5 Å². The second-order valence-electron chi connectivity index (χ2n) is 7.22. The summed E-state index contributed by atoms with van der Waals surface area (Å²) in [7, 11) is 1.57. The number of H-pyrrole nitrogens is 1. The van der Waals surface area contributed by atoms with Crippen molar-refractivity contribution in [1.82, 2.24) is 9.88 Å². The lowest BCUT2D eigenvalue weighted by molar-refractivity contribution is -0.117. The van der Waals surface area contributed by atoms with E-state index in [1.807, 2.05) is 24.0 Å². The number of hydrogen-bond acceptors (Lipinski definition) is 4. The summed E-state index contributed by atoms with van der Waals surface area (Å²) in [6.45, 7) is 3.23. The summed E-state index contributed by atoms with van der Waals surface area (Å²) < 4.78 is 5.27. The summed E-state index contributed by atoms with van der Waals surface area (Å²) >= 11 is 6.21. The highest BCUT2D eigenvalue weighted by Crippen LogP contribution is 2.26. The Bertz CT molecular complexity index is 1160. The minimum atomic E-state index is -0.141. The summed E-state index contributed by atoms with van der Waals surface area (Å²) in [6, 6.07) is 10.8. The van der Waals surface area contributed by atoms with Crippen LogP contribution >= 0.6 is 11.6 Å². The molecule has 0 saturated heterocycles. The Morgan fingerprint density at radius 2 is 2.07 bits per heavy atom. The maximum absolute atomic E-state index is 13.0. The molecule has 1 aliphatic rings. The molecule has 0 bridgehead atoms. The largest absolute Gasteiger partial charge is 0.495 e. The molecule has 1 aliphatic heterocycles. The van der Waals surface area contributed by atoms with E-state index < -0.39 is 0 Å². The van der Waals surface area contributed by atoms with Crippen LogP contribution in [0.3, 0.4) is 0 Å². The molecular weight excluding hydrogens is 390 g/mol. The maximum Gasteiger partial charge on any atom is 0.238 e. The van der Waals surface area contributed by atoms with Gasteiger partial charge in [-0.2, -0.15) is 0 Å². The highest BCUT2D eigenvalue weighted by atomic mass is 35.5. The van der Waals surface area contributed by atoms with E-state index in [1.54, 1.807) is 31.4 Å². The van der Waals surface area contributed by atoms with Crippen molar-refractivity contribution in [2.24, 2.45) is 0 Å². The fourth-order valence-electron chi connectivity index (χ4n) is 3.79. The number of methoxy groups -OCH3 is 1. The van der Waals surface area contributed by atoms with E-state index in [0.717, 1.165) is 22.3 Å². The van der Waals surface area contributed by atoms with Gasteiger partial charge in [-0.25, -0.2) is 0 Å². The van der Waals surface area contributed by atoms with Crippen molar-refractivity contribution in [3.63, 3.8) is 0 Å². The number of fused-ring (bicyclic) bond motifs is 2. The van der Waals surface area contributed by atoms with E-state index in [2.05, 4.69) is 10.3 Å². The number of benzene rings is 2. The number of amides is 1. The number of hydrogen-bond donors (Lipinski definition) is 2. The van der Waals surface area contributed by atoms with Crippen LogP contribution in [0.15, 0.2) is 41.2 Å². The molecular formula is C22H22ClN3O3. The van der Waals surface area contributed by atoms with Gasteiger partial charge >= 0.3 is 0 Å². The normalized spacial score (nSPS) is 13.9. The van der Waals surface area contributed by atoms with E-state index in [1.165, 1.54) is 0 Å². The van der Waals surface area contributed by atoms with Gasteiger partial charge < -0.3 is 15.0 Å². The number of carbonyl (C=O) groups is 1. The third-order valence-corrected chi connectivity index (χ3v) is 5.78. The Morgan fingerprint density at radius 3 is 2.86 bits per heavy atom. The molecule has 0 spiro atoms. The highest BCUT2D eigenvalue weighted by Gasteiger charge is 2.23. The van der Waals surface area contributed by atoms with Crippen LogP contribution in [0.25, 0.3) is 10.9 Å². The molecule has 4 rings (SSSR count). The molecule has 0 unspecified atom stereocenters. The predicted octanol–water partition coefficient (Wildman–Crippen LogP) is 3.50. The zero-order valence-electron chi connectivity index (χ0n) is 16.3. The van der Waals surface area contributed by atoms with Gasteiger partial charge in [0.05, 0.1) is 24.9 Å². The predicted molar refractivity (Wildman–Crippen MR) is 115 cm³/mol. The van der Waals surface area contributed by atoms with Crippen molar-refractivity contribution in [2.75, 3.05) is 25.5 Å². The smallest absolute Gasteiger partial charge is 0.238 e. The van der Waals surface area contributed by atoms with Crippen LogP contribution in [0.5, 0.6) is 5.75 Å². The number of carbonyl (C=O) groups excluding carboxylic acids is 1. The molecule has 7 heteroatoms. The first-order chi connectivity index (χ1) is 14.0. The number of ether oxygens (including phenoxy) is 1. The lowest BCUT2D eigenvalue weighted by Crippen LogP contribution is -2.39. The minimum absolute atomic E-state index is 0.00311. The SMILES string of the molecule is COc1ccccc1NC(=O)CN1CCc2[nH]c3c(C)c(Cl)ccc3c(=O)c2C1. The number of anilines is 1. The van der Waals surface area contributed by atoms with Crippen molar-refractivity contribution in [2.45, 2.75) is 19.9 Å². The molecule has 2 heterocycles. The summed E-state index contributed by atoms with van der Waals surface area (Å²) in [5.74, 6) is 0.472. The van der Waals surface area contributed by atoms with Crippen LogP contribution in [0.4, 0.5) is 5.69 Å². The fourth-order valence-corrected chi connectivity index (χ4v) is 3.95. The van der Waals surface area contributed by atoms with Crippen molar-refractivity contribution in [3.8, 4) is 5.75 Å². The van der Waals surface area contributed by atoms with Crippen LogP contribution in [0, 0.1) is 6.92 Å². The van der Waals surface area contributed by atoms with E-state index in [9.17, 15) is 9.59 Å². The molecule has 0 saturated carbocycles. The number of nitrogens with one attached hydrogen (secondary N) is 2. The lowest BCUT2D eigenvalue weighted by Gasteiger charge is -2.28. The third-order valence-electron chi connectivity index (χ3n) is 5.37. The number of pyridine rings is 1. The molecule has 0 aliphatic carbocycles. The molecule has 0 atom stereocenters. The van der Waals surface area contributed by atoms with Gasteiger partial charge in [0, 0.05) is 41.2 Å². The standard InChI is InChI=1S/C22H22ClN3O3/c1-13-16(23)8-7-14-21(13)25-17-9-10-26(11-15(17)22(14)28)12-20(27)24-18-5-3-4-6-19(18)29-2/h3-8H,9-12H2,1-2H3,(H,24,27)(H,25,28). The van der Waals surface area contributed by atoms with Crippen molar-refractivity contribution >= 4 is 34.1 Å². The van der Waals surface area contributed by atoms with Crippen molar-refractivity contribution in [1.29, 1.82) is 0 Å². The van der Waals surface area contributed by atoms with Gasteiger partial charge in [0.25, 0.3) is 0 Å². The average molecular weight is 412 g/mol. The second-order valence-corrected chi connectivity index (χ2v) is 7.62. The Hall–Kier alpha value is -2.83. The summed E-state index contributed by atoms with van der Waals surface area (Å²) in [6.07, 6.45) is 0.675. The number of aromatic amines is 1. The maximum atomic E-state index is 13.0. The zero-order valence-corrected chi connectivity index (χ0v) is 17.1. The van der Waals surface area contributed by atoms with E-state index >= 15 is 0 Å². The van der Waals surface area contributed by atoms with Crippen molar-refractivity contribution in [3.05, 3.63) is 68.5 Å². The molecule has 2 aromatic carbocycles. The zero-order chi connectivity index (χ0) is 20.5. The number of nitrogens with zero attached hydrogens (tertiary/aromatic N) is 1. The molecule has 6 nitrogen and oxygen atoms in total. The van der Waals surface area contributed by atoms with Gasteiger partial charge in [0.1, 0.15) is 5.75 Å². The van der Waals surface area contributed by atoms with E-state index in [0.29, 0.717) is 41.4 Å². The van der Waals surface area contributed by atoms with Gasteiger partial charge in [-0.15, -0.1) is 0 Å². The number of aromatic nitrogens is 1. The highest BCUT2D eigenvalue weighted by molar-refractivity contribution is 6.32. The van der Waals surface area contributed by atoms with Crippen molar-refractivity contribution < 1.29 is 9.53 Å². The molecule has 1 amide bonds.